The molecule has 1 aromatic heterocycles. The normalized spacial score (nSPS) is 16.1. The number of rotatable bonds is 12. The molecule has 7 nitrogen and oxygen atoms in total. The van der Waals surface area contributed by atoms with Crippen LogP contribution in [0, 0.1) is 0 Å². The molecule has 0 bridgehead atoms. The highest BCUT2D eigenvalue weighted by molar-refractivity contribution is 14.0. The van der Waals surface area contributed by atoms with E-state index >= 15 is 0 Å². The summed E-state index contributed by atoms with van der Waals surface area (Å²) in [5.74, 6) is 1.97. The van der Waals surface area contributed by atoms with Crippen molar-refractivity contribution in [2.45, 2.75) is 60.0 Å². The molecule has 2 heterocycles. The number of guanidine groups is 1. The van der Waals surface area contributed by atoms with Crippen LogP contribution in [0.5, 0.6) is 0 Å². The van der Waals surface area contributed by atoms with Crippen LogP contribution in [0.25, 0.3) is 0 Å². The van der Waals surface area contributed by atoms with Crippen LogP contribution in [0.4, 0.5) is 5.82 Å². The van der Waals surface area contributed by atoms with Gasteiger partial charge in [-0.1, -0.05) is 26.8 Å². The maximum Gasteiger partial charge on any atom is 0.191 e. The molecule has 1 fully saturated rings. The highest BCUT2D eigenvalue weighted by Crippen LogP contribution is 2.14. The first-order valence-corrected chi connectivity index (χ1v) is 12.3. The lowest BCUT2D eigenvalue weighted by molar-refractivity contribution is 0.270. The molecule has 2 rings (SSSR count). The number of nitrogens with zero attached hydrogens (tertiary/aromatic N) is 5. The lowest BCUT2D eigenvalue weighted by Crippen LogP contribution is -2.46. The van der Waals surface area contributed by atoms with Crippen molar-refractivity contribution in [3.63, 3.8) is 0 Å². The van der Waals surface area contributed by atoms with Gasteiger partial charge in [0.05, 0.1) is 6.54 Å². The summed E-state index contributed by atoms with van der Waals surface area (Å²) in [6, 6.07) is 4.70. The molecule has 0 radical (unpaired) electrons. The molecule has 0 aromatic carbocycles. The van der Waals surface area contributed by atoms with Crippen LogP contribution < -0.4 is 15.5 Å². The second kappa shape index (κ2) is 16.5. The van der Waals surface area contributed by atoms with E-state index in [1.807, 2.05) is 6.20 Å². The molecule has 2 N–H and O–H groups in total. The van der Waals surface area contributed by atoms with E-state index in [9.17, 15) is 0 Å². The highest BCUT2D eigenvalue weighted by atomic mass is 127. The SMILES string of the molecule is CCNC(=NCc1ccc(N2CCN(CC)CC2)nc1)NC(C)CCCN(CC)CC.I. The number of nitrogens with one attached hydrogen (secondary N) is 2. The van der Waals surface area contributed by atoms with Gasteiger partial charge in [0.2, 0.25) is 0 Å². The van der Waals surface area contributed by atoms with Crippen LogP contribution in [-0.2, 0) is 6.54 Å². The zero-order valence-electron chi connectivity index (χ0n) is 20.9. The van der Waals surface area contributed by atoms with Crippen LogP contribution in [0.1, 0.15) is 53.0 Å². The van der Waals surface area contributed by atoms with E-state index < -0.39 is 0 Å². The molecule has 184 valence electrons. The lowest BCUT2D eigenvalue weighted by atomic mass is 10.2. The van der Waals surface area contributed by atoms with Gasteiger partial charge in [0.25, 0.3) is 0 Å². The molecule has 0 amide bonds. The molecule has 1 atom stereocenters. The number of aliphatic imine (C=N–C) groups is 1. The van der Waals surface area contributed by atoms with Crippen LogP contribution in [-0.4, -0.2) is 85.7 Å². The molecular weight excluding hydrogens is 513 g/mol. The van der Waals surface area contributed by atoms with Crippen LogP contribution in [0.15, 0.2) is 23.3 Å². The maximum absolute atomic E-state index is 4.79. The van der Waals surface area contributed by atoms with Gasteiger partial charge >= 0.3 is 0 Å². The fraction of sp³-hybridized carbons (Fsp3) is 0.750. The van der Waals surface area contributed by atoms with Crippen LogP contribution in [0.2, 0.25) is 0 Å². The second-order valence-corrected chi connectivity index (χ2v) is 8.36. The molecule has 1 aliphatic heterocycles. The minimum atomic E-state index is 0. The standard InChI is InChI=1S/C24H45N7.HI/c1-6-25-24(28-21(5)11-10-14-29(7-2)8-3)27-20-22-12-13-23(26-19-22)31-17-15-30(9-4)16-18-31;/h12-13,19,21H,6-11,14-18,20H2,1-5H3,(H2,25,27,28);1H. The van der Waals surface area contributed by atoms with Crippen molar-refractivity contribution in [2.24, 2.45) is 4.99 Å². The largest absolute Gasteiger partial charge is 0.357 e. The third-order valence-electron chi connectivity index (χ3n) is 6.11. The van der Waals surface area contributed by atoms with Crippen molar-refractivity contribution in [3.8, 4) is 0 Å². The Hall–Kier alpha value is -1.13. The van der Waals surface area contributed by atoms with E-state index in [2.05, 4.69) is 72.1 Å². The maximum atomic E-state index is 4.79. The van der Waals surface area contributed by atoms with Crippen LogP contribution in [0.3, 0.4) is 0 Å². The van der Waals surface area contributed by atoms with Gasteiger partial charge in [0.1, 0.15) is 5.82 Å². The van der Waals surface area contributed by atoms with Gasteiger partial charge < -0.3 is 25.3 Å². The van der Waals surface area contributed by atoms with Crippen molar-refractivity contribution < 1.29 is 0 Å². The molecular formula is C24H46IN7. The van der Waals surface area contributed by atoms with Crippen molar-refractivity contribution in [1.29, 1.82) is 0 Å². The quantitative estimate of drug-likeness (QED) is 0.233. The summed E-state index contributed by atoms with van der Waals surface area (Å²) < 4.78 is 0. The number of likely N-dealkylation sites (N-methyl/N-ethyl adjacent to an activating group) is 1. The monoisotopic (exact) mass is 559 g/mol. The van der Waals surface area contributed by atoms with Gasteiger partial charge in [-0.3, -0.25) is 0 Å². The Morgan fingerprint density at radius 2 is 1.84 bits per heavy atom. The van der Waals surface area contributed by atoms with E-state index in [1.54, 1.807) is 0 Å². The fourth-order valence-corrected chi connectivity index (χ4v) is 3.95. The first-order chi connectivity index (χ1) is 15.1. The number of halogens is 1. The summed E-state index contributed by atoms with van der Waals surface area (Å²) in [5.41, 5.74) is 1.14. The van der Waals surface area contributed by atoms with Gasteiger partial charge in [0.15, 0.2) is 5.96 Å². The average Bonchev–Trinajstić information content (AvgIpc) is 2.81. The zero-order chi connectivity index (χ0) is 22.5. The van der Waals surface area contributed by atoms with Crippen molar-refractivity contribution in [3.05, 3.63) is 23.9 Å². The van der Waals surface area contributed by atoms with Crippen molar-refractivity contribution in [1.82, 2.24) is 25.4 Å². The number of hydrogen-bond acceptors (Lipinski definition) is 5. The second-order valence-electron chi connectivity index (χ2n) is 8.36. The summed E-state index contributed by atoms with van der Waals surface area (Å²) in [5, 5.41) is 6.93. The van der Waals surface area contributed by atoms with Crippen LogP contribution >= 0.6 is 24.0 Å². The number of hydrogen-bond donors (Lipinski definition) is 2. The molecule has 1 saturated heterocycles. The minimum Gasteiger partial charge on any atom is -0.357 e. The first kappa shape index (κ1) is 28.9. The highest BCUT2D eigenvalue weighted by Gasteiger charge is 2.16. The summed E-state index contributed by atoms with van der Waals surface area (Å²) in [6.07, 6.45) is 4.32. The van der Waals surface area contributed by atoms with Gasteiger partial charge in [-0.05, 0) is 64.5 Å². The van der Waals surface area contributed by atoms with Gasteiger partial charge in [-0.15, -0.1) is 24.0 Å². The summed E-state index contributed by atoms with van der Waals surface area (Å²) in [4.78, 5) is 16.8. The third-order valence-corrected chi connectivity index (χ3v) is 6.11. The molecule has 32 heavy (non-hydrogen) atoms. The van der Waals surface area contributed by atoms with E-state index in [0.717, 1.165) is 82.7 Å². The van der Waals surface area contributed by atoms with E-state index in [1.165, 1.54) is 6.42 Å². The molecule has 0 spiro atoms. The third kappa shape index (κ3) is 10.2. The predicted molar refractivity (Wildman–Crippen MR) is 148 cm³/mol. The number of anilines is 1. The summed E-state index contributed by atoms with van der Waals surface area (Å²) in [7, 11) is 0. The van der Waals surface area contributed by atoms with Crippen molar-refractivity contribution in [2.75, 3.05) is 63.8 Å². The topological polar surface area (TPSA) is 59.0 Å². The van der Waals surface area contributed by atoms with Crippen molar-refractivity contribution >= 4 is 35.8 Å². The Bertz CT molecular complexity index is 626. The Morgan fingerprint density at radius 3 is 2.41 bits per heavy atom. The number of piperazine rings is 1. The molecule has 8 heteroatoms. The average molecular weight is 560 g/mol. The minimum absolute atomic E-state index is 0. The Morgan fingerprint density at radius 1 is 1.12 bits per heavy atom. The molecule has 1 aromatic rings. The molecule has 0 aliphatic carbocycles. The van der Waals surface area contributed by atoms with Gasteiger partial charge in [0, 0.05) is 45.0 Å². The first-order valence-electron chi connectivity index (χ1n) is 12.3. The molecule has 1 aliphatic rings. The molecule has 0 saturated carbocycles. The smallest absolute Gasteiger partial charge is 0.191 e. The Balaban J connectivity index is 0.00000512. The van der Waals surface area contributed by atoms with E-state index in [4.69, 9.17) is 9.98 Å². The summed E-state index contributed by atoms with van der Waals surface area (Å²) in [6.45, 7) is 21.4. The lowest BCUT2D eigenvalue weighted by Gasteiger charge is -2.34. The predicted octanol–water partition coefficient (Wildman–Crippen LogP) is 3.41. The number of pyridine rings is 1. The fourth-order valence-electron chi connectivity index (χ4n) is 3.95. The number of aromatic nitrogens is 1. The van der Waals surface area contributed by atoms with Gasteiger partial charge in [-0.2, -0.15) is 0 Å². The molecule has 1 unspecified atom stereocenters. The van der Waals surface area contributed by atoms with E-state index in [-0.39, 0.29) is 24.0 Å². The summed E-state index contributed by atoms with van der Waals surface area (Å²) >= 11 is 0. The Labute approximate surface area is 213 Å². The zero-order valence-corrected chi connectivity index (χ0v) is 23.3. The Kier molecular flexibility index (Phi) is 14.9. The van der Waals surface area contributed by atoms with E-state index in [0.29, 0.717) is 12.6 Å². The van der Waals surface area contributed by atoms with Gasteiger partial charge in [-0.25, -0.2) is 9.98 Å².